The number of urea groups is 1. The van der Waals surface area contributed by atoms with E-state index in [4.69, 9.17) is 11.6 Å². The van der Waals surface area contributed by atoms with E-state index in [0.717, 1.165) is 34.6 Å². The van der Waals surface area contributed by atoms with E-state index < -0.39 is 17.8 Å². The normalized spacial score (nSPS) is 11.2. The number of rotatable bonds is 4. The number of aromatic amines is 1. The first-order chi connectivity index (χ1) is 15.3. The fraction of sp³-hybridized carbons (Fsp3) is 0.0435. The number of hydrogen-bond acceptors (Lipinski definition) is 2. The van der Waals surface area contributed by atoms with Crippen LogP contribution in [0.2, 0.25) is 5.02 Å². The molecule has 0 aliphatic heterocycles. The van der Waals surface area contributed by atoms with Crippen LogP contribution in [0.4, 0.5) is 29.3 Å². The highest BCUT2D eigenvalue weighted by atomic mass is 35.5. The van der Waals surface area contributed by atoms with Gasteiger partial charge in [-0.3, -0.25) is 5.10 Å². The number of amides is 2. The first-order valence-corrected chi connectivity index (χ1v) is 9.88. The number of carbonyl (C=O) groups excluding carboxylic acids is 1. The van der Waals surface area contributed by atoms with Crippen LogP contribution in [0.1, 0.15) is 5.56 Å². The lowest BCUT2D eigenvalue weighted by Crippen LogP contribution is -2.20. The van der Waals surface area contributed by atoms with Crippen molar-refractivity contribution in [3.05, 3.63) is 89.4 Å². The van der Waals surface area contributed by atoms with E-state index in [-0.39, 0.29) is 10.7 Å². The highest BCUT2D eigenvalue weighted by Gasteiger charge is 2.36. The van der Waals surface area contributed by atoms with Gasteiger partial charge in [0.1, 0.15) is 5.56 Å². The number of hydrogen-bond donors (Lipinski definition) is 3. The van der Waals surface area contributed by atoms with Gasteiger partial charge in [-0.15, -0.1) is 0 Å². The van der Waals surface area contributed by atoms with Gasteiger partial charge in [0.05, 0.1) is 11.4 Å². The Balaban J connectivity index is 1.42. The number of halogens is 4. The largest absolute Gasteiger partial charge is 0.422 e. The second-order valence-corrected chi connectivity index (χ2v) is 7.34. The summed E-state index contributed by atoms with van der Waals surface area (Å²) in [6.07, 6.45) is -4.59. The number of H-pyrrole nitrogens is 1. The van der Waals surface area contributed by atoms with Gasteiger partial charge in [-0.1, -0.05) is 42.5 Å². The van der Waals surface area contributed by atoms with E-state index in [1.54, 1.807) is 24.3 Å². The molecule has 0 radical (unpaired) electrons. The van der Waals surface area contributed by atoms with Crippen molar-refractivity contribution in [1.82, 2.24) is 10.2 Å². The molecular weight excluding hydrogens is 441 g/mol. The molecule has 0 fully saturated rings. The molecule has 162 valence electrons. The van der Waals surface area contributed by atoms with E-state index in [9.17, 15) is 18.0 Å². The summed E-state index contributed by atoms with van der Waals surface area (Å²) < 4.78 is 39.0. The highest BCUT2D eigenvalue weighted by molar-refractivity contribution is 5.99. The minimum Gasteiger partial charge on any atom is -0.308 e. The summed E-state index contributed by atoms with van der Waals surface area (Å²) in [6.45, 7) is 0. The van der Waals surface area contributed by atoms with E-state index in [0.29, 0.717) is 5.69 Å². The smallest absolute Gasteiger partial charge is 0.308 e. The quantitative estimate of drug-likeness (QED) is 0.346. The summed E-state index contributed by atoms with van der Waals surface area (Å²) in [5.74, 6) is 0. The Kier molecular flexibility index (Phi) is 5.87. The molecule has 0 saturated heterocycles. The molecule has 3 N–H and O–H groups in total. The van der Waals surface area contributed by atoms with Crippen LogP contribution in [0.5, 0.6) is 0 Å². The molecule has 0 aliphatic carbocycles. The first-order valence-electron chi connectivity index (χ1n) is 9.47. The zero-order valence-corrected chi connectivity index (χ0v) is 17.2. The lowest BCUT2D eigenvalue weighted by Gasteiger charge is -2.10. The third-order valence-corrected chi connectivity index (χ3v) is 5.00. The van der Waals surface area contributed by atoms with Crippen molar-refractivity contribution in [3.63, 3.8) is 0 Å². The summed E-state index contributed by atoms with van der Waals surface area (Å²) in [4.78, 5) is 12.2. The van der Waals surface area contributed by atoms with Crippen molar-refractivity contribution in [1.29, 1.82) is 0 Å². The fourth-order valence-electron chi connectivity index (χ4n) is 3.08. The van der Waals surface area contributed by atoms with E-state index in [1.807, 2.05) is 36.4 Å². The van der Waals surface area contributed by atoms with Crippen LogP contribution >= 0.6 is 0 Å². The molecule has 0 spiro atoms. The standard InChI is InChI=1S/C23H16ClF3N4O/c24-19-11-10-17(12-18(19)23(25,26)27)29-22(32)28-16-8-6-15(7-9-16)21-13-20(30-31-21)14-4-2-1-3-5-14/h1-13,24H,(H2-,28,29,30,31,32)/p+1. The molecule has 1 aromatic heterocycles. The van der Waals surface area contributed by atoms with Gasteiger partial charge < -0.3 is 10.6 Å². The number of benzene rings is 3. The minimum atomic E-state index is -4.59. The summed E-state index contributed by atoms with van der Waals surface area (Å²) in [5.41, 5.74) is 2.97. The molecule has 0 atom stereocenters. The number of aromatic nitrogens is 2. The zero-order valence-electron chi connectivity index (χ0n) is 16.4. The van der Waals surface area contributed by atoms with Crippen LogP contribution in [0.25, 0.3) is 22.5 Å². The zero-order chi connectivity index (χ0) is 22.7. The van der Waals surface area contributed by atoms with Gasteiger partial charge >= 0.3 is 12.2 Å². The molecule has 9 heteroatoms. The predicted molar refractivity (Wildman–Crippen MR) is 114 cm³/mol. The Hall–Kier alpha value is -3.78. The maximum atomic E-state index is 13.0. The summed E-state index contributed by atoms with van der Waals surface area (Å²) >= 11 is 4.70. The average Bonchev–Trinajstić information content (AvgIpc) is 3.26. The van der Waals surface area contributed by atoms with Crippen molar-refractivity contribution < 1.29 is 29.6 Å². The summed E-state index contributed by atoms with van der Waals surface area (Å²) in [6, 6.07) is 21.2. The van der Waals surface area contributed by atoms with Crippen LogP contribution in [0.3, 0.4) is 0 Å². The fourth-order valence-corrected chi connectivity index (χ4v) is 3.32. The molecule has 4 rings (SSSR count). The van der Waals surface area contributed by atoms with E-state index in [1.165, 1.54) is 6.07 Å². The third-order valence-electron chi connectivity index (χ3n) is 4.64. The molecule has 3 aromatic carbocycles. The molecule has 0 saturated carbocycles. The maximum Gasteiger partial charge on any atom is 0.422 e. The molecule has 1 heterocycles. The van der Waals surface area contributed by atoms with Gasteiger partial charge in [0.25, 0.3) is 0 Å². The highest BCUT2D eigenvalue weighted by Crippen LogP contribution is 2.34. The van der Waals surface area contributed by atoms with Crippen molar-refractivity contribution >= 4 is 17.4 Å². The molecule has 5 nitrogen and oxygen atoms in total. The van der Waals surface area contributed by atoms with Crippen LogP contribution < -0.4 is 10.6 Å². The lowest BCUT2D eigenvalue weighted by molar-refractivity contribution is -0.296. The van der Waals surface area contributed by atoms with Gasteiger partial charge in [0.15, 0.2) is 11.6 Å². The molecule has 0 unspecified atom stereocenters. The molecule has 4 aromatic rings. The molecular formula is C23H17ClF3N4O+. The molecule has 0 aliphatic rings. The second-order valence-electron chi connectivity index (χ2n) is 6.90. The minimum absolute atomic E-state index is 0.00838. The Morgan fingerprint density at radius 2 is 1.50 bits per heavy atom. The van der Waals surface area contributed by atoms with Crippen LogP contribution in [0, 0.1) is 11.6 Å². The maximum absolute atomic E-state index is 13.0. The number of carbonyl (C=O) groups is 1. The SMILES string of the molecule is O=C(Nc1ccc(-c2cc(-c3ccccc3)n[nH]2)cc1)Nc1ccc([ClH+])c(C(F)(F)F)c1. The van der Waals surface area contributed by atoms with E-state index >= 15 is 0 Å². The number of nitrogens with zero attached hydrogens (tertiary/aromatic N) is 1. The monoisotopic (exact) mass is 457 g/mol. The molecule has 2 amide bonds. The van der Waals surface area contributed by atoms with Gasteiger partial charge in [0, 0.05) is 23.0 Å². The van der Waals surface area contributed by atoms with Gasteiger partial charge in [-0.05, 0) is 35.9 Å². The van der Waals surface area contributed by atoms with Gasteiger partial charge in [-0.2, -0.15) is 18.3 Å². The predicted octanol–water partition coefficient (Wildman–Crippen LogP) is 6.10. The van der Waals surface area contributed by atoms with Crippen molar-refractivity contribution in [2.45, 2.75) is 6.18 Å². The van der Waals surface area contributed by atoms with Crippen LogP contribution in [0.15, 0.2) is 78.9 Å². The number of anilines is 2. The summed E-state index contributed by atoms with van der Waals surface area (Å²) in [5, 5.41) is 12.0. The molecule has 32 heavy (non-hydrogen) atoms. The Morgan fingerprint density at radius 1 is 0.844 bits per heavy atom. The summed E-state index contributed by atoms with van der Waals surface area (Å²) in [7, 11) is 0. The Labute approximate surface area is 186 Å². The van der Waals surface area contributed by atoms with E-state index in [2.05, 4.69) is 20.8 Å². The van der Waals surface area contributed by atoms with Crippen molar-refractivity contribution in [2.24, 2.45) is 0 Å². The third kappa shape index (κ3) is 4.92. The average molecular weight is 458 g/mol. The topological polar surface area (TPSA) is 69.8 Å². The Morgan fingerprint density at radius 3 is 2.19 bits per heavy atom. The first kappa shape index (κ1) is 21.5. The Bertz CT molecular complexity index is 1240. The second kappa shape index (κ2) is 8.76. The van der Waals surface area contributed by atoms with Crippen LogP contribution in [-0.2, 0) is 6.18 Å². The number of alkyl halides is 3. The van der Waals surface area contributed by atoms with Gasteiger partial charge in [-0.25, -0.2) is 4.79 Å². The number of nitrogens with one attached hydrogen (secondary N) is 3. The van der Waals surface area contributed by atoms with Crippen LogP contribution in [-0.4, -0.2) is 16.2 Å². The van der Waals surface area contributed by atoms with Crippen molar-refractivity contribution in [3.8, 4) is 22.5 Å². The lowest BCUT2D eigenvalue weighted by atomic mass is 10.1. The molecule has 0 bridgehead atoms. The van der Waals surface area contributed by atoms with Gasteiger partial charge in [0.2, 0.25) is 5.02 Å². The van der Waals surface area contributed by atoms with Crippen molar-refractivity contribution in [2.75, 3.05) is 10.6 Å².